The van der Waals surface area contributed by atoms with Crippen molar-refractivity contribution in [3.63, 3.8) is 0 Å². The molecule has 17 heavy (non-hydrogen) atoms. The van der Waals surface area contributed by atoms with Crippen LogP contribution >= 0.6 is 0 Å². The molecule has 1 aromatic carbocycles. The number of rotatable bonds is 8. The van der Waals surface area contributed by atoms with Crippen LogP contribution in [0.1, 0.15) is 31.2 Å². The van der Waals surface area contributed by atoms with Gasteiger partial charge in [0.25, 0.3) is 0 Å². The lowest BCUT2D eigenvalue weighted by Crippen LogP contribution is -2.26. The van der Waals surface area contributed by atoms with Gasteiger partial charge in [-0.25, -0.2) is 0 Å². The van der Waals surface area contributed by atoms with Gasteiger partial charge in [0, 0.05) is 19.8 Å². The van der Waals surface area contributed by atoms with Crippen LogP contribution in [0.4, 0.5) is 0 Å². The largest absolute Gasteiger partial charge is 0.396 e. The molecular formula is C14H23NO2. The van der Waals surface area contributed by atoms with Gasteiger partial charge in [-0.2, -0.15) is 0 Å². The van der Waals surface area contributed by atoms with Gasteiger partial charge in [0.2, 0.25) is 0 Å². The van der Waals surface area contributed by atoms with Crippen LogP contribution in [0, 0.1) is 0 Å². The number of aliphatic hydroxyl groups is 1. The van der Waals surface area contributed by atoms with Crippen molar-refractivity contribution >= 4 is 0 Å². The first-order valence-corrected chi connectivity index (χ1v) is 6.25. The lowest BCUT2D eigenvalue weighted by Gasteiger charge is -2.20. The topological polar surface area (TPSA) is 55.5 Å². The Morgan fingerprint density at radius 3 is 2.59 bits per heavy atom. The molecule has 1 aromatic rings. The van der Waals surface area contributed by atoms with Crippen LogP contribution in [0.25, 0.3) is 0 Å². The number of hydrogen-bond acceptors (Lipinski definition) is 3. The van der Waals surface area contributed by atoms with Crippen molar-refractivity contribution < 1.29 is 9.84 Å². The van der Waals surface area contributed by atoms with E-state index < -0.39 is 0 Å². The molecule has 0 aromatic heterocycles. The van der Waals surface area contributed by atoms with Gasteiger partial charge >= 0.3 is 0 Å². The molecule has 1 rings (SSSR count). The fourth-order valence-corrected chi connectivity index (χ4v) is 1.86. The molecule has 0 bridgehead atoms. The van der Waals surface area contributed by atoms with Crippen LogP contribution < -0.4 is 5.73 Å². The predicted octanol–water partition coefficient (Wildman–Crippen LogP) is 1.91. The summed E-state index contributed by atoms with van der Waals surface area (Å²) in [4.78, 5) is 0. The summed E-state index contributed by atoms with van der Waals surface area (Å²) in [6.45, 7) is 3.47. The van der Waals surface area contributed by atoms with E-state index in [2.05, 4.69) is 31.2 Å². The summed E-state index contributed by atoms with van der Waals surface area (Å²) in [6.07, 6.45) is 1.68. The Kier molecular flexibility index (Phi) is 6.86. The third-order valence-electron chi connectivity index (χ3n) is 2.90. The van der Waals surface area contributed by atoms with Crippen LogP contribution in [-0.2, 0) is 4.74 Å². The Hall–Kier alpha value is -0.900. The van der Waals surface area contributed by atoms with Crippen LogP contribution in [0.15, 0.2) is 30.3 Å². The van der Waals surface area contributed by atoms with Crippen LogP contribution in [-0.4, -0.2) is 31.0 Å². The zero-order chi connectivity index (χ0) is 12.5. The molecule has 0 heterocycles. The summed E-state index contributed by atoms with van der Waals surface area (Å²) < 4.78 is 5.64. The molecule has 3 heteroatoms. The Labute approximate surface area is 104 Å². The van der Waals surface area contributed by atoms with E-state index in [4.69, 9.17) is 15.6 Å². The molecule has 0 fully saturated rings. The zero-order valence-electron chi connectivity index (χ0n) is 10.5. The van der Waals surface area contributed by atoms with E-state index in [0.29, 0.717) is 25.5 Å². The number of benzene rings is 1. The minimum absolute atomic E-state index is 0.0803. The minimum atomic E-state index is 0.0803. The molecule has 0 aliphatic carbocycles. The average molecular weight is 237 g/mol. The molecule has 0 aliphatic rings. The summed E-state index contributed by atoms with van der Waals surface area (Å²) in [6, 6.07) is 10.4. The van der Waals surface area contributed by atoms with Gasteiger partial charge in [-0.15, -0.1) is 0 Å². The fraction of sp³-hybridized carbons (Fsp3) is 0.571. The third-order valence-corrected chi connectivity index (χ3v) is 2.90. The summed E-state index contributed by atoms with van der Waals surface area (Å²) in [5.41, 5.74) is 7.01. The monoisotopic (exact) mass is 237 g/mol. The SMILES string of the molecule is CC(CC(CN)OCCCO)c1ccccc1. The third kappa shape index (κ3) is 5.31. The Balaban J connectivity index is 2.39. The van der Waals surface area contributed by atoms with Crippen molar-refractivity contribution in [1.29, 1.82) is 0 Å². The van der Waals surface area contributed by atoms with Crippen molar-refractivity contribution in [2.45, 2.75) is 31.8 Å². The average Bonchev–Trinajstić information content (AvgIpc) is 2.38. The Bertz CT molecular complexity index is 290. The molecule has 0 spiro atoms. The highest BCUT2D eigenvalue weighted by Gasteiger charge is 2.13. The Morgan fingerprint density at radius 1 is 1.29 bits per heavy atom. The molecular weight excluding hydrogens is 214 g/mol. The highest BCUT2D eigenvalue weighted by Crippen LogP contribution is 2.21. The maximum atomic E-state index is 8.70. The Morgan fingerprint density at radius 2 is 2.00 bits per heavy atom. The van der Waals surface area contributed by atoms with Crippen molar-refractivity contribution in [1.82, 2.24) is 0 Å². The second-order valence-corrected chi connectivity index (χ2v) is 4.35. The molecule has 2 atom stereocenters. The fourth-order valence-electron chi connectivity index (χ4n) is 1.86. The van der Waals surface area contributed by atoms with E-state index in [-0.39, 0.29) is 12.7 Å². The second-order valence-electron chi connectivity index (χ2n) is 4.35. The predicted molar refractivity (Wildman–Crippen MR) is 70.0 cm³/mol. The highest BCUT2D eigenvalue weighted by atomic mass is 16.5. The molecule has 3 nitrogen and oxygen atoms in total. The van der Waals surface area contributed by atoms with Gasteiger partial charge in [0.05, 0.1) is 6.10 Å². The van der Waals surface area contributed by atoms with Crippen LogP contribution in [0.3, 0.4) is 0 Å². The van der Waals surface area contributed by atoms with Gasteiger partial charge in [0.1, 0.15) is 0 Å². The molecule has 0 aliphatic heterocycles. The molecule has 3 N–H and O–H groups in total. The second kappa shape index (κ2) is 8.23. The van der Waals surface area contributed by atoms with Gasteiger partial charge in [-0.1, -0.05) is 37.3 Å². The molecule has 0 radical (unpaired) electrons. The number of nitrogens with two attached hydrogens (primary N) is 1. The molecule has 96 valence electrons. The smallest absolute Gasteiger partial charge is 0.0703 e. The van der Waals surface area contributed by atoms with Crippen LogP contribution in [0.5, 0.6) is 0 Å². The first-order chi connectivity index (χ1) is 8.27. The number of aliphatic hydroxyl groups excluding tert-OH is 1. The quantitative estimate of drug-likeness (QED) is 0.679. The van der Waals surface area contributed by atoms with Crippen molar-refractivity contribution in [2.24, 2.45) is 5.73 Å². The minimum Gasteiger partial charge on any atom is -0.396 e. The normalized spacial score (nSPS) is 14.5. The van der Waals surface area contributed by atoms with E-state index in [0.717, 1.165) is 6.42 Å². The van der Waals surface area contributed by atoms with E-state index >= 15 is 0 Å². The van der Waals surface area contributed by atoms with Crippen molar-refractivity contribution in [3.8, 4) is 0 Å². The number of hydrogen-bond donors (Lipinski definition) is 2. The van der Waals surface area contributed by atoms with Gasteiger partial charge < -0.3 is 15.6 Å². The maximum absolute atomic E-state index is 8.70. The first kappa shape index (κ1) is 14.2. The lowest BCUT2D eigenvalue weighted by atomic mass is 9.95. The van der Waals surface area contributed by atoms with Crippen LogP contribution in [0.2, 0.25) is 0 Å². The van der Waals surface area contributed by atoms with E-state index in [9.17, 15) is 0 Å². The van der Waals surface area contributed by atoms with Gasteiger partial charge in [-0.3, -0.25) is 0 Å². The molecule has 0 saturated heterocycles. The van der Waals surface area contributed by atoms with E-state index in [1.54, 1.807) is 0 Å². The van der Waals surface area contributed by atoms with Crippen molar-refractivity contribution in [3.05, 3.63) is 35.9 Å². The molecule has 0 saturated carbocycles. The van der Waals surface area contributed by atoms with Crippen molar-refractivity contribution in [2.75, 3.05) is 19.8 Å². The standard InChI is InChI=1S/C14H23NO2/c1-12(13-6-3-2-4-7-13)10-14(11-15)17-9-5-8-16/h2-4,6-7,12,14,16H,5,8-11,15H2,1H3. The zero-order valence-corrected chi connectivity index (χ0v) is 10.5. The summed E-state index contributed by atoms with van der Waals surface area (Å²) >= 11 is 0. The summed E-state index contributed by atoms with van der Waals surface area (Å²) in [5, 5.41) is 8.70. The van der Waals surface area contributed by atoms with E-state index in [1.807, 2.05) is 6.07 Å². The summed E-state index contributed by atoms with van der Waals surface area (Å²) in [7, 11) is 0. The summed E-state index contributed by atoms with van der Waals surface area (Å²) in [5.74, 6) is 0.443. The van der Waals surface area contributed by atoms with Gasteiger partial charge in [0.15, 0.2) is 0 Å². The maximum Gasteiger partial charge on any atom is 0.0703 e. The molecule has 2 unspecified atom stereocenters. The first-order valence-electron chi connectivity index (χ1n) is 6.25. The highest BCUT2D eigenvalue weighted by molar-refractivity contribution is 5.18. The van der Waals surface area contributed by atoms with Gasteiger partial charge in [-0.05, 0) is 24.3 Å². The molecule has 0 amide bonds. The number of ether oxygens (including phenoxy) is 1. The van der Waals surface area contributed by atoms with E-state index in [1.165, 1.54) is 5.56 Å². The lowest BCUT2D eigenvalue weighted by molar-refractivity contribution is 0.0408.